The molecular weight excluding hydrogens is 360 g/mol. The Balaban J connectivity index is 1.50. The van der Waals surface area contributed by atoms with Crippen LogP contribution in [-0.2, 0) is 0 Å². The molecule has 26 heavy (non-hydrogen) atoms. The average molecular weight is 379 g/mol. The lowest BCUT2D eigenvalue weighted by molar-refractivity contribution is 0.826. The Morgan fingerprint density at radius 1 is 1.04 bits per heavy atom. The summed E-state index contributed by atoms with van der Waals surface area (Å²) in [5.41, 5.74) is 2.21. The topological polar surface area (TPSA) is 43.6 Å². The maximum absolute atomic E-state index is 4.81. The van der Waals surface area contributed by atoms with Gasteiger partial charge in [0.2, 0.25) is 0 Å². The molecule has 0 N–H and O–H groups in total. The monoisotopic (exact) mass is 378 g/mol. The van der Waals surface area contributed by atoms with E-state index in [1.165, 1.54) is 17.5 Å². The molecule has 6 heteroatoms. The highest BCUT2D eigenvalue weighted by atomic mass is 32.2. The summed E-state index contributed by atoms with van der Waals surface area (Å²) in [7, 11) is 0. The van der Waals surface area contributed by atoms with Crippen molar-refractivity contribution in [3.05, 3.63) is 65.4 Å². The number of thioether (sulfide) groups is 1. The molecule has 1 atom stereocenters. The van der Waals surface area contributed by atoms with Crippen LogP contribution in [0.5, 0.6) is 0 Å². The largest absolute Gasteiger partial charge is 0.274 e. The van der Waals surface area contributed by atoms with Crippen LogP contribution in [0.1, 0.15) is 41.8 Å². The standard InChI is InChI=1S/C20H18N4S2/c1-13(19-21-16-9-5-6-10-17(16)26-19)25-20-23-22-18(14-11-12-14)24(20)15-7-3-2-4-8-15/h2-10,13-14H,11-12H2,1H3/t13-/m0/s1. The number of fused-ring (bicyclic) bond motifs is 1. The molecule has 0 saturated heterocycles. The smallest absolute Gasteiger partial charge is 0.196 e. The van der Waals surface area contributed by atoms with Gasteiger partial charge >= 0.3 is 0 Å². The van der Waals surface area contributed by atoms with Crippen molar-refractivity contribution in [1.29, 1.82) is 0 Å². The van der Waals surface area contributed by atoms with Gasteiger partial charge in [0, 0.05) is 11.6 Å². The van der Waals surface area contributed by atoms with Crippen molar-refractivity contribution in [2.45, 2.75) is 36.1 Å². The van der Waals surface area contributed by atoms with Crippen molar-refractivity contribution in [1.82, 2.24) is 19.7 Å². The minimum absolute atomic E-state index is 0.228. The highest BCUT2D eigenvalue weighted by Crippen LogP contribution is 2.43. The zero-order chi connectivity index (χ0) is 17.5. The van der Waals surface area contributed by atoms with Gasteiger partial charge < -0.3 is 0 Å². The second-order valence-electron chi connectivity index (χ2n) is 6.57. The van der Waals surface area contributed by atoms with Crippen molar-refractivity contribution in [3.8, 4) is 5.69 Å². The van der Waals surface area contributed by atoms with Crippen LogP contribution in [0.15, 0.2) is 59.8 Å². The molecular formula is C20H18N4S2. The lowest BCUT2D eigenvalue weighted by Gasteiger charge is -2.12. The van der Waals surface area contributed by atoms with Crippen molar-refractivity contribution in [2.75, 3.05) is 0 Å². The minimum atomic E-state index is 0.228. The van der Waals surface area contributed by atoms with E-state index >= 15 is 0 Å². The predicted octanol–water partition coefficient (Wildman–Crippen LogP) is 5.61. The summed E-state index contributed by atoms with van der Waals surface area (Å²) >= 11 is 3.50. The number of thiazole rings is 1. The normalized spacial score (nSPS) is 15.4. The first-order valence-corrected chi connectivity index (χ1v) is 10.5. The second kappa shape index (κ2) is 6.52. The van der Waals surface area contributed by atoms with Crippen molar-refractivity contribution in [2.24, 2.45) is 0 Å². The van der Waals surface area contributed by atoms with Gasteiger partial charge in [-0.15, -0.1) is 21.5 Å². The molecule has 2 aromatic carbocycles. The molecule has 1 saturated carbocycles. The van der Waals surface area contributed by atoms with E-state index in [1.807, 2.05) is 12.1 Å². The van der Waals surface area contributed by atoms with Crippen LogP contribution in [0.25, 0.3) is 15.9 Å². The molecule has 1 fully saturated rings. The lowest BCUT2D eigenvalue weighted by Crippen LogP contribution is -2.02. The molecule has 4 aromatic rings. The first-order valence-electron chi connectivity index (χ1n) is 8.82. The minimum Gasteiger partial charge on any atom is -0.274 e. The molecule has 1 aliphatic carbocycles. The lowest BCUT2D eigenvalue weighted by atomic mass is 10.3. The zero-order valence-corrected chi connectivity index (χ0v) is 16.0. The van der Waals surface area contributed by atoms with Gasteiger partial charge in [0.15, 0.2) is 5.16 Å². The maximum Gasteiger partial charge on any atom is 0.196 e. The second-order valence-corrected chi connectivity index (χ2v) is 8.94. The molecule has 130 valence electrons. The van der Waals surface area contributed by atoms with Gasteiger partial charge in [-0.2, -0.15) is 0 Å². The Labute approximate surface area is 160 Å². The number of para-hydroxylation sites is 2. The van der Waals surface area contributed by atoms with Crippen LogP contribution >= 0.6 is 23.1 Å². The number of benzene rings is 2. The predicted molar refractivity (Wildman–Crippen MR) is 107 cm³/mol. The molecule has 0 bridgehead atoms. The van der Waals surface area contributed by atoms with Gasteiger partial charge in [-0.05, 0) is 44.0 Å². The van der Waals surface area contributed by atoms with Crippen molar-refractivity contribution < 1.29 is 0 Å². The molecule has 0 spiro atoms. The van der Waals surface area contributed by atoms with E-state index in [9.17, 15) is 0 Å². The fraction of sp³-hybridized carbons (Fsp3) is 0.250. The van der Waals surface area contributed by atoms with E-state index in [1.54, 1.807) is 23.1 Å². The number of hydrogen-bond acceptors (Lipinski definition) is 5. The molecule has 0 unspecified atom stereocenters. The van der Waals surface area contributed by atoms with Crippen LogP contribution in [0.3, 0.4) is 0 Å². The van der Waals surface area contributed by atoms with Gasteiger partial charge in [0.05, 0.1) is 15.5 Å². The summed E-state index contributed by atoms with van der Waals surface area (Å²) in [6.07, 6.45) is 2.42. The van der Waals surface area contributed by atoms with Crippen molar-refractivity contribution in [3.63, 3.8) is 0 Å². The first-order chi connectivity index (χ1) is 12.8. The third-order valence-corrected chi connectivity index (χ3v) is 6.98. The van der Waals surface area contributed by atoms with Gasteiger partial charge in [0.25, 0.3) is 0 Å². The Morgan fingerprint density at radius 3 is 2.58 bits per heavy atom. The number of rotatable bonds is 5. The molecule has 0 radical (unpaired) electrons. The summed E-state index contributed by atoms with van der Waals surface area (Å²) in [4.78, 5) is 4.81. The molecule has 2 heterocycles. The van der Waals surface area contributed by atoms with E-state index in [-0.39, 0.29) is 5.25 Å². The molecule has 0 amide bonds. The Morgan fingerprint density at radius 2 is 1.81 bits per heavy atom. The highest BCUT2D eigenvalue weighted by molar-refractivity contribution is 7.99. The van der Waals surface area contributed by atoms with Crippen LogP contribution < -0.4 is 0 Å². The number of aromatic nitrogens is 4. The highest BCUT2D eigenvalue weighted by Gasteiger charge is 2.31. The third kappa shape index (κ3) is 2.93. The van der Waals surface area contributed by atoms with E-state index in [4.69, 9.17) is 4.98 Å². The molecule has 0 aliphatic heterocycles. The van der Waals surface area contributed by atoms with Crippen molar-refractivity contribution >= 4 is 33.3 Å². The van der Waals surface area contributed by atoms with E-state index in [0.717, 1.165) is 27.2 Å². The van der Waals surface area contributed by atoms with Gasteiger partial charge in [-0.25, -0.2) is 4.98 Å². The number of nitrogens with zero attached hydrogens (tertiary/aromatic N) is 4. The first kappa shape index (κ1) is 16.0. The van der Waals surface area contributed by atoms with E-state index < -0.39 is 0 Å². The van der Waals surface area contributed by atoms with E-state index in [2.05, 4.69) is 64.2 Å². The Kier molecular flexibility index (Phi) is 4.02. The molecule has 4 nitrogen and oxygen atoms in total. The summed E-state index contributed by atoms with van der Waals surface area (Å²) < 4.78 is 3.46. The van der Waals surface area contributed by atoms with Gasteiger partial charge in [-0.3, -0.25) is 4.57 Å². The quantitative estimate of drug-likeness (QED) is 0.424. The average Bonchev–Trinajstić information content (AvgIpc) is 3.28. The van der Waals surface area contributed by atoms with Crippen LogP contribution in [0.2, 0.25) is 0 Å². The summed E-state index contributed by atoms with van der Waals surface area (Å²) in [5, 5.41) is 11.4. The fourth-order valence-electron chi connectivity index (χ4n) is 3.06. The third-order valence-electron chi connectivity index (χ3n) is 4.56. The Bertz CT molecular complexity index is 1020. The molecule has 2 aromatic heterocycles. The zero-order valence-electron chi connectivity index (χ0n) is 14.4. The van der Waals surface area contributed by atoms with Crippen LogP contribution in [0.4, 0.5) is 0 Å². The summed E-state index contributed by atoms with van der Waals surface area (Å²) in [6, 6.07) is 18.7. The van der Waals surface area contributed by atoms with E-state index in [0.29, 0.717) is 5.92 Å². The molecule has 5 rings (SSSR count). The summed E-state index contributed by atoms with van der Waals surface area (Å²) in [6.45, 7) is 2.20. The SMILES string of the molecule is C[C@H](Sc1nnc(C2CC2)n1-c1ccccc1)c1nc2ccccc2s1. The molecule has 1 aliphatic rings. The van der Waals surface area contributed by atoms with Crippen LogP contribution in [0, 0.1) is 0 Å². The summed E-state index contributed by atoms with van der Waals surface area (Å²) in [5.74, 6) is 1.64. The fourth-order valence-corrected chi connectivity index (χ4v) is 5.11. The Hall–Kier alpha value is -2.18. The van der Waals surface area contributed by atoms with Gasteiger partial charge in [0.1, 0.15) is 10.8 Å². The number of hydrogen-bond donors (Lipinski definition) is 0. The van der Waals surface area contributed by atoms with Gasteiger partial charge in [-0.1, -0.05) is 42.1 Å². The maximum atomic E-state index is 4.81. The van der Waals surface area contributed by atoms with Crippen LogP contribution in [-0.4, -0.2) is 19.7 Å².